The topological polar surface area (TPSA) is 65.2 Å². The molecule has 0 aliphatic rings. The molecule has 0 aliphatic heterocycles. The van der Waals surface area contributed by atoms with Crippen LogP contribution in [0.25, 0.3) is 43.8 Å². The quantitative estimate of drug-likeness (QED) is 0.141. The number of phenols is 2. The fourth-order valence-corrected chi connectivity index (χ4v) is 5.53. The summed E-state index contributed by atoms with van der Waals surface area (Å²) < 4.78 is 0. The number of phenolic OH excluding ortho intramolecular Hbond substituents is 2. The average molecular weight is 634 g/mol. The number of benzene rings is 7. The number of para-hydroxylation sites is 2. The molecule has 0 amide bonds. The van der Waals surface area contributed by atoms with Crippen LogP contribution in [0.15, 0.2) is 156 Å². The first kappa shape index (κ1) is 29.7. The van der Waals surface area contributed by atoms with Gasteiger partial charge in [0.05, 0.1) is 11.4 Å². The standard InChI is InChI=1S/C40H28N2O2.Zn/c43-39-21-17-31-23-29(27-9-3-1-4-10-27)15-19-33(31)35(39)25-41-37-13-7-8-14-38(37)42-26-36-34-20-16-30(28-11-5-2-6-12-28)24-32(34)18-22-40(36)44;/h1-26,43-44H;. The normalized spacial score (nSPS) is 11.4. The van der Waals surface area contributed by atoms with E-state index in [0.29, 0.717) is 22.5 Å². The molecule has 7 rings (SSSR count). The Morgan fingerprint density at radius 3 is 1.22 bits per heavy atom. The first-order valence-electron chi connectivity index (χ1n) is 14.4. The Hall–Kier alpha value is -5.38. The van der Waals surface area contributed by atoms with Gasteiger partial charge in [-0.25, -0.2) is 0 Å². The Balaban J connectivity index is 0.00000357. The first-order valence-corrected chi connectivity index (χ1v) is 14.4. The minimum Gasteiger partial charge on any atom is -0.507 e. The number of aliphatic imine (C=N–C) groups is 2. The van der Waals surface area contributed by atoms with Crippen LogP contribution in [0.3, 0.4) is 0 Å². The third-order valence-electron chi connectivity index (χ3n) is 7.84. The van der Waals surface area contributed by atoms with Crippen LogP contribution in [-0.2, 0) is 19.5 Å². The molecule has 0 bridgehead atoms. The average Bonchev–Trinajstić information content (AvgIpc) is 3.08. The maximum atomic E-state index is 10.8. The van der Waals surface area contributed by atoms with Crippen LogP contribution < -0.4 is 0 Å². The molecule has 7 aromatic rings. The summed E-state index contributed by atoms with van der Waals surface area (Å²) in [6.07, 6.45) is 3.38. The van der Waals surface area contributed by atoms with Crippen LogP contribution >= 0.6 is 0 Å². The van der Waals surface area contributed by atoms with Gasteiger partial charge in [-0.3, -0.25) is 9.98 Å². The van der Waals surface area contributed by atoms with Crippen molar-refractivity contribution in [2.24, 2.45) is 9.98 Å². The molecule has 0 spiro atoms. The van der Waals surface area contributed by atoms with Crippen molar-refractivity contribution in [1.82, 2.24) is 0 Å². The molecule has 0 aliphatic carbocycles. The summed E-state index contributed by atoms with van der Waals surface area (Å²) in [6, 6.07) is 47.7. The fourth-order valence-electron chi connectivity index (χ4n) is 5.53. The molecule has 2 N–H and O–H groups in total. The van der Waals surface area contributed by atoms with Gasteiger partial charge < -0.3 is 10.2 Å². The Bertz CT molecular complexity index is 2040. The zero-order valence-corrected chi connectivity index (χ0v) is 27.5. The largest absolute Gasteiger partial charge is 0.507 e. The van der Waals surface area contributed by atoms with E-state index in [-0.39, 0.29) is 31.0 Å². The molecular weight excluding hydrogens is 606 g/mol. The van der Waals surface area contributed by atoms with E-state index in [1.165, 1.54) is 0 Å². The summed E-state index contributed by atoms with van der Waals surface area (Å²) in [6.45, 7) is 0. The van der Waals surface area contributed by atoms with E-state index in [9.17, 15) is 10.2 Å². The number of nitrogens with zero attached hydrogens (tertiary/aromatic N) is 2. The van der Waals surface area contributed by atoms with Gasteiger partial charge in [0.15, 0.2) is 0 Å². The molecule has 5 heteroatoms. The summed E-state index contributed by atoms with van der Waals surface area (Å²) in [4.78, 5) is 9.50. The third kappa shape index (κ3) is 6.17. The third-order valence-corrected chi connectivity index (χ3v) is 7.84. The number of aromatic hydroxyl groups is 2. The van der Waals surface area contributed by atoms with Gasteiger partial charge in [0.2, 0.25) is 0 Å². The van der Waals surface area contributed by atoms with Crippen molar-refractivity contribution in [1.29, 1.82) is 0 Å². The van der Waals surface area contributed by atoms with Crippen molar-refractivity contribution in [2.75, 3.05) is 0 Å². The molecule has 0 fully saturated rings. The molecule has 212 valence electrons. The molecule has 0 saturated carbocycles. The van der Waals surface area contributed by atoms with E-state index in [2.05, 4.69) is 48.5 Å². The van der Waals surface area contributed by atoms with Gasteiger partial charge in [0.25, 0.3) is 0 Å². The Labute approximate surface area is 274 Å². The fraction of sp³-hybridized carbons (Fsp3) is 0. The second-order valence-corrected chi connectivity index (χ2v) is 10.6. The summed E-state index contributed by atoms with van der Waals surface area (Å²) >= 11 is 0. The minimum atomic E-state index is 0. The molecule has 7 aromatic carbocycles. The van der Waals surface area contributed by atoms with Crippen molar-refractivity contribution in [3.05, 3.63) is 157 Å². The predicted octanol–water partition coefficient (Wildman–Crippen LogP) is 10.2. The van der Waals surface area contributed by atoms with Gasteiger partial charge >= 0.3 is 0 Å². The van der Waals surface area contributed by atoms with Crippen LogP contribution in [0.5, 0.6) is 11.5 Å². The van der Waals surface area contributed by atoms with E-state index < -0.39 is 0 Å². The van der Waals surface area contributed by atoms with Crippen molar-refractivity contribution in [3.8, 4) is 33.8 Å². The van der Waals surface area contributed by atoms with Crippen LogP contribution in [-0.4, -0.2) is 22.6 Å². The Morgan fingerprint density at radius 1 is 0.400 bits per heavy atom. The van der Waals surface area contributed by atoms with E-state index in [1.54, 1.807) is 24.6 Å². The maximum absolute atomic E-state index is 10.8. The second-order valence-electron chi connectivity index (χ2n) is 10.6. The first-order chi connectivity index (χ1) is 21.6. The second kappa shape index (κ2) is 13.1. The smallest absolute Gasteiger partial charge is 0.124 e. The predicted molar refractivity (Wildman–Crippen MR) is 183 cm³/mol. The van der Waals surface area contributed by atoms with Gasteiger partial charge in [0.1, 0.15) is 11.5 Å². The van der Waals surface area contributed by atoms with Crippen molar-refractivity contribution in [3.63, 3.8) is 0 Å². The van der Waals surface area contributed by atoms with Gasteiger partial charge in [-0.1, -0.05) is 109 Å². The number of rotatable bonds is 6. The van der Waals surface area contributed by atoms with E-state index in [0.717, 1.165) is 43.8 Å². The molecular formula is C40H28N2O2Zn. The van der Waals surface area contributed by atoms with Crippen LogP contribution in [0, 0.1) is 0 Å². The summed E-state index contributed by atoms with van der Waals surface area (Å²) in [7, 11) is 0. The molecule has 0 unspecified atom stereocenters. The molecule has 0 heterocycles. The monoisotopic (exact) mass is 632 g/mol. The van der Waals surface area contributed by atoms with Crippen LogP contribution in [0.2, 0.25) is 0 Å². The SMILES string of the molecule is Oc1ccc2cc(-c3ccccc3)ccc2c1C=Nc1ccccc1N=Cc1c(O)ccc2cc(-c3ccccc3)ccc12.[Zn]. The van der Waals surface area contributed by atoms with Gasteiger partial charge in [-0.05, 0) is 80.2 Å². The summed E-state index contributed by atoms with van der Waals surface area (Å²) in [5.74, 6) is 0.315. The summed E-state index contributed by atoms with van der Waals surface area (Å²) in [5, 5.41) is 25.4. The van der Waals surface area contributed by atoms with Crippen molar-refractivity contribution in [2.45, 2.75) is 0 Å². The van der Waals surface area contributed by atoms with Crippen LogP contribution in [0.4, 0.5) is 11.4 Å². The Kier molecular flexibility index (Phi) is 8.64. The van der Waals surface area contributed by atoms with E-state index in [1.807, 2.05) is 84.9 Å². The molecule has 0 aromatic heterocycles. The molecule has 4 nitrogen and oxygen atoms in total. The summed E-state index contributed by atoms with van der Waals surface area (Å²) in [5.41, 5.74) is 7.07. The minimum absolute atomic E-state index is 0. The number of hydrogen-bond acceptors (Lipinski definition) is 4. The Morgan fingerprint density at radius 2 is 0.800 bits per heavy atom. The van der Waals surface area contributed by atoms with Crippen LogP contribution in [0.1, 0.15) is 11.1 Å². The van der Waals surface area contributed by atoms with E-state index in [4.69, 9.17) is 9.98 Å². The molecule has 0 atom stereocenters. The number of hydrogen-bond donors (Lipinski definition) is 2. The zero-order valence-electron chi connectivity index (χ0n) is 24.5. The molecule has 45 heavy (non-hydrogen) atoms. The molecule has 0 radical (unpaired) electrons. The van der Waals surface area contributed by atoms with Gasteiger partial charge in [-0.15, -0.1) is 0 Å². The maximum Gasteiger partial charge on any atom is 0.124 e. The molecule has 0 saturated heterocycles. The van der Waals surface area contributed by atoms with Crippen molar-refractivity contribution >= 4 is 45.3 Å². The van der Waals surface area contributed by atoms with Gasteiger partial charge in [0, 0.05) is 43.0 Å². The van der Waals surface area contributed by atoms with Gasteiger partial charge in [-0.2, -0.15) is 0 Å². The number of fused-ring (bicyclic) bond motifs is 2. The zero-order chi connectivity index (χ0) is 29.9. The van der Waals surface area contributed by atoms with Crippen molar-refractivity contribution < 1.29 is 29.7 Å². The van der Waals surface area contributed by atoms with E-state index >= 15 is 0 Å².